The molecule has 0 radical (unpaired) electrons. The smallest absolute Gasteiger partial charge is 0.550 e. The molecule has 2 rings (SSSR count). The molecule has 8 nitrogen and oxygen atoms in total. The molecular formula is C20H20CaCl2MgO8. The van der Waals surface area contributed by atoms with Crippen LogP contribution >= 0.6 is 23.2 Å². The first-order valence-corrected chi connectivity index (χ1v) is 8.67. The summed E-state index contributed by atoms with van der Waals surface area (Å²) < 4.78 is 0. The van der Waals surface area contributed by atoms with Gasteiger partial charge in [0.25, 0.3) is 0 Å². The Bertz CT molecular complexity index is 741. The Kier molecular flexibility index (Phi) is 33.7. The van der Waals surface area contributed by atoms with Crippen molar-refractivity contribution in [1.29, 1.82) is 0 Å². The summed E-state index contributed by atoms with van der Waals surface area (Å²) in [6, 6.07) is 15.6. The summed E-state index contributed by atoms with van der Waals surface area (Å²) in [7, 11) is 0. The van der Waals surface area contributed by atoms with Crippen molar-refractivity contribution in [2.45, 2.75) is 27.7 Å². The van der Waals surface area contributed by atoms with Crippen molar-refractivity contribution in [2.75, 3.05) is 0 Å². The van der Waals surface area contributed by atoms with Gasteiger partial charge in [0, 0.05) is 29.4 Å². The van der Waals surface area contributed by atoms with Gasteiger partial charge < -0.3 is 39.6 Å². The van der Waals surface area contributed by atoms with Crippen LogP contribution in [-0.2, 0) is 19.2 Å². The van der Waals surface area contributed by atoms with Gasteiger partial charge in [0.1, 0.15) is 0 Å². The summed E-state index contributed by atoms with van der Waals surface area (Å²) in [4.78, 5) is 35.6. The van der Waals surface area contributed by atoms with Crippen LogP contribution in [0.5, 0.6) is 0 Å². The van der Waals surface area contributed by atoms with E-state index in [0.717, 1.165) is 38.8 Å². The van der Waals surface area contributed by atoms with E-state index in [0.29, 0.717) is 10.0 Å². The second kappa shape index (κ2) is 26.2. The van der Waals surface area contributed by atoms with Crippen molar-refractivity contribution < 1.29 is 39.6 Å². The number of halogens is 2. The Morgan fingerprint density at radius 3 is 1.25 bits per heavy atom. The van der Waals surface area contributed by atoms with E-state index in [1.165, 1.54) is 0 Å². The second-order valence-electron chi connectivity index (χ2n) is 4.93. The van der Waals surface area contributed by atoms with Crippen LogP contribution in [0.3, 0.4) is 0 Å². The van der Waals surface area contributed by atoms with Gasteiger partial charge in [-0.2, -0.15) is 0 Å². The topological polar surface area (TPSA) is 161 Å². The average molecular weight is 524 g/mol. The number of carbonyl (C=O) groups is 4. The van der Waals surface area contributed by atoms with E-state index in [2.05, 4.69) is 0 Å². The largest absolute Gasteiger partial charge is 2.00 e. The van der Waals surface area contributed by atoms with Crippen LogP contribution in [0.25, 0.3) is 11.1 Å². The predicted molar refractivity (Wildman–Crippen MR) is 116 cm³/mol. The average Bonchev–Trinajstić information content (AvgIpc) is 2.56. The maximum atomic E-state index is 8.89. The molecule has 0 N–H and O–H groups in total. The molecule has 0 saturated heterocycles. The van der Waals surface area contributed by atoms with Crippen LogP contribution in [0, 0.1) is 0 Å². The van der Waals surface area contributed by atoms with Gasteiger partial charge >= 0.3 is 60.8 Å². The Labute approximate surface area is 242 Å². The van der Waals surface area contributed by atoms with Crippen LogP contribution < -0.4 is 20.4 Å². The fourth-order valence-electron chi connectivity index (χ4n) is 1.34. The maximum absolute atomic E-state index is 8.89. The van der Waals surface area contributed by atoms with Crippen molar-refractivity contribution in [1.82, 2.24) is 0 Å². The quantitative estimate of drug-likeness (QED) is 0.427. The minimum absolute atomic E-state index is 0. The standard InChI is InChI=1S/C12H8Cl2.4C2H4O2.Ca.Mg/c13-11-8-4-7-10(12(11)14)9-5-2-1-3-6-9;4*1-2(3)4;;/h1-8H;4*1H3,(H,3,4);;/q;;;;;2*+2/p-4. The molecule has 2 aromatic carbocycles. The Morgan fingerprint density at radius 2 is 0.938 bits per heavy atom. The van der Waals surface area contributed by atoms with Crippen LogP contribution in [0.2, 0.25) is 10.0 Å². The van der Waals surface area contributed by atoms with Gasteiger partial charge in [0.05, 0.1) is 10.0 Å². The number of hydrogen-bond acceptors (Lipinski definition) is 8. The Hall–Kier alpha value is -1.07. The van der Waals surface area contributed by atoms with E-state index >= 15 is 0 Å². The number of carboxylic acids is 4. The minimum Gasteiger partial charge on any atom is -0.550 e. The van der Waals surface area contributed by atoms with Crippen LogP contribution in [-0.4, -0.2) is 84.7 Å². The Balaban J connectivity index is -0.000000114. The zero-order valence-electron chi connectivity index (χ0n) is 18.1. The van der Waals surface area contributed by atoms with Gasteiger partial charge in [0.2, 0.25) is 0 Å². The molecule has 0 fully saturated rings. The molecule has 0 amide bonds. The molecule has 0 atom stereocenters. The van der Waals surface area contributed by atoms with E-state index in [4.69, 9.17) is 62.8 Å². The second-order valence-corrected chi connectivity index (χ2v) is 5.72. The molecule has 0 aliphatic carbocycles. The maximum Gasteiger partial charge on any atom is 2.00 e. The summed E-state index contributed by atoms with van der Waals surface area (Å²) in [5.41, 5.74) is 2.06. The molecular weight excluding hydrogens is 504 g/mol. The molecule has 12 heteroatoms. The summed E-state index contributed by atoms with van der Waals surface area (Å²) in [5.74, 6) is -4.33. The number of hydrogen-bond donors (Lipinski definition) is 0. The van der Waals surface area contributed by atoms with E-state index in [-0.39, 0.29) is 60.8 Å². The number of rotatable bonds is 1. The van der Waals surface area contributed by atoms with Gasteiger partial charge in [-0.3, -0.25) is 0 Å². The first-order chi connectivity index (χ1) is 13.7. The fraction of sp³-hybridized carbons (Fsp3) is 0.200. The van der Waals surface area contributed by atoms with E-state index < -0.39 is 23.9 Å². The van der Waals surface area contributed by atoms with Gasteiger partial charge in [-0.15, -0.1) is 0 Å². The van der Waals surface area contributed by atoms with Crippen molar-refractivity contribution in [2.24, 2.45) is 0 Å². The van der Waals surface area contributed by atoms with Gasteiger partial charge in [-0.25, -0.2) is 0 Å². The van der Waals surface area contributed by atoms with Crippen molar-refractivity contribution in [3.63, 3.8) is 0 Å². The minimum atomic E-state index is -1.08. The van der Waals surface area contributed by atoms with Crippen LogP contribution in [0.4, 0.5) is 0 Å². The molecule has 0 saturated carbocycles. The zero-order chi connectivity index (χ0) is 24.3. The number of benzene rings is 2. The van der Waals surface area contributed by atoms with E-state index in [1.807, 2.05) is 42.5 Å². The number of aliphatic carboxylic acids is 4. The van der Waals surface area contributed by atoms with Crippen molar-refractivity contribution in [3.8, 4) is 11.1 Å². The predicted octanol–water partition coefficient (Wildman–Crippen LogP) is -1.08. The van der Waals surface area contributed by atoms with Gasteiger partial charge in [-0.1, -0.05) is 65.7 Å². The molecule has 32 heavy (non-hydrogen) atoms. The van der Waals surface area contributed by atoms with Crippen LogP contribution in [0.1, 0.15) is 27.7 Å². The SMILES string of the molecule is CC(=O)[O-].CC(=O)[O-].CC(=O)[O-].CC(=O)[O-].Clc1cccc(-c2ccccc2)c1Cl.[Ca+2].[Mg+2]. The molecule has 0 aliphatic heterocycles. The normalized spacial score (nSPS) is 7.56. The number of carboxylic acid groups (broad SMARTS) is 4. The number of carbonyl (C=O) groups excluding carboxylic acids is 4. The van der Waals surface area contributed by atoms with E-state index in [9.17, 15) is 0 Å². The molecule has 166 valence electrons. The molecule has 0 aromatic heterocycles. The zero-order valence-corrected chi connectivity index (χ0v) is 23.2. The van der Waals surface area contributed by atoms with E-state index in [1.54, 1.807) is 6.07 Å². The molecule has 0 heterocycles. The molecule has 2 aromatic rings. The monoisotopic (exact) mass is 522 g/mol. The summed E-state index contributed by atoms with van der Waals surface area (Å²) in [5, 5.41) is 36.8. The first-order valence-electron chi connectivity index (χ1n) is 7.92. The fourth-order valence-corrected chi connectivity index (χ4v) is 1.75. The first kappa shape index (κ1) is 41.2. The van der Waals surface area contributed by atoms with Gasteiger partial charge in [-0.05, 0) is 39.3 Å². The van der Waals surface area contributed by atoms with Crippen molar-refractivity contribution in [3.05, 3.63) is 58.6 Å². The van der Waals surface area contributed by atoms with Crippen LogP contribution in [0.15, 0.2) is 48.5 Å². The van der Waals surface area contributed by atoms with Gasteiger partial charge in [0.15, 0.2) is 0 Å². The third kappa shape index (κ3) is 36.3. The molecule has 0 aliphatic rings. The third-order valence-electron chi connectivity index (χ3n) is 2.04. The molecule has 0 spiro atoms. The summed E-state index contributed by atoms with van der Waals surface area (Å²) in [6.07, 6.45) is 0. The summed E-state index contributed by atoms with van der Waals surface area (Å²) in [6.45, 7) is 3.89. The summed E-state index contributed by atoms with van der Waals surface area (Å²) >= 11 is 12.0. The molecule has 0 bridgehead atoms. The molecule has 0 unspecified atom stereocenters. The van der Waals surface area contributed by atoms with Crippen molar-refractivity contribution >= 4 is 108 Å². The third-order valence-corrected chi connectivity index (χ3v) is 2.86. The Morgan fingerprint density at radius 1 is 0.625 bits per heavy atom.